The largest absolute Gasteiger partial charge is 0.257 e. The normalized spacial score (nSPS) is 39.9. The van der Waals surface area contributed by atoms with E-state index in [9.17, 15) is 8.42 Å². The minimum Gasteiger partial charge on any atom is -0.206 e. The van der Waals surface area contributed by atoms with Crippen molar-refractivity contribution in [2.45, 2.75) is 37.2 Å². The molecule has 1 aliphatic carbocycles. The Morgan fingerprint density at radius 1 is 1.16 bits per heavy atom. The van der Waals surface area contributed by atoms with Gasteiger partial charge < -0.3 is 0 Å². The van der Waals surface area contributed by atoms with E-state index in [1.54, 1.807) is 16.5 Å². The SMILES string of the molecule is Cc1ccc(S(=O)(=O)N2C3C4CCCC4CN32)cc1. The van der Waals surface area contributed by atoms with Gasteiger partial charge in [-0.25, -0.2) is 13.4 Å². The highest BCUT2D eigenvalue weighted by Crippen LogP contribution is 2.53. The Labute approximate surface area is 114 Å². The van der Waals surface area contributed by atoms with Gasteiger partial charge in [0.15, 0.2) is 0 Å². The summed E-state index contributed by atoms with van der Waals surface area (Å²) in [6.45, 7) is 2.90. The molecule has 2 saturated heterocycles. The minimum absolute atomic E-state index is 0.152. The smallest absolute Gasteiger partial charge is 0.206 e. The van der Waals surface area contributed by atoms with Gasteiger partial charge in [0.05, 0.1) is 4.90 Å². The molecule has 0 bridgehead atoms. The van der Waals surface area contributed by atoms with Gasteiger partial charge in [0.2, 0.25) is 0 Å². The van der Waals surface area contributed by atoms with Crippen molar-refractivity contribution in [1.29, 1.82) is 0 Å². The van der Waals surface area contributed by atoms with Crippen molar-refractivity contribution in [2.75, 3.05) is 6.54 Å². The first kappa shape index (κ1) is 11.9. The zero-order chi connectivity index (χ0) is 13.2. The van der Waals surface area contributed by atoms with E-state index in [-0.39, 0.29) is 6.17 Å². The number of rotatable bonds is 2. The molecule has 4 rings (SSSR count). The van der Waals surface area contributed by atoms with E-state index in [1.807, 2.05) is 24.1 Å². The summed E-state index contributed by atoms with van der Waals surface area (Å²) in [7, 11) is -3.32. The standard InChI is InChI=1S/C14H18N2O2S/c1-10-5-7-12(8-6-10)19(17,18)16-14-13-4-2-3-11(13)9-15(14)16/h5-8,11,13-14H,2-4,9H2,1H3. The lowest BCUT2D eigenvalue weighted by molar-refractivity contribution is 0.322. The van der Waals surface area contributed by atoms with E-state index in [0.717, 1.165) is 18.0 Å². The Kier molecular flexibility index (Phi) is 2.38. The number of fused-ring (bicyclic) bond motifs is 3. The fourth-order valence-electron chi connectivity index (χ4n) is 3.80. The quantitative estimate of drug-likeness (QED) is 0.777. The number of hydrazine groups is 1. The van der Waals surface area contributed by atoms with Crippen molar-refractivity contribution in [3.05, 3.63) is 29.8 Å². The highest BCUT2D eigenvalue weighted by Gasteiger charge is 2.64. The van der Waals surface area contributed by atoms with Crippen LogP contribution in [0, 0.1) is 18.8 Å². The summed E-state index contributed by atoms with van der Waals surface area (Å²) in [5, 5.41) is 2.05. The van der Waals surface area contributed by atoms with Gasteiger partial charge in [0.1, 0.15) is 6.17 Å². The molecule has 0 N–H and O–H groups in total. The van der Waals surface area contributed by atoms with Crippen LogP contribution in [0.3, 0.4) is 0 Å². The molecule has 3 aliphatic rings. The van der Waals surface area contributed by atoms with E-state index < -0.39 is 10.0 Å². The van der Waals surface area contributed by atoms with E-state index >= 15 is 0 Å². The van der Waals surface area contributed by atoms with Crippen LogP contribution in [-0.2, 0) is 10.0 Å². The summed E-state index contributed by atoms with van der Waals surface area (Å²) in [5.74, 6) is 1.30. The van der Waals surface area contributed by atoms with Crippen molar-refractivity contribution in [3.8, 4) is 0 Å². The molecule has 2 heterocycles. The first-order valence-electron chi connectivity index (χ1n) is 6.97. The number of aryl methyl sites for hydroxylation is 1. The lowest BCUT2D eigenvalue weighted by Crippen LogP contribution is -2.26. The first-order valence-corrected chi connectivity index (χ1v) is 8.41. The molecule has 19 heavy (non-hydrogen) atoms. The summed E-state index contributed by atoms with van der Waals surface area (Å²) in [6, 6.07) is 7.15. The third-order valence-corrected chi connectivity index (χ3v) is 6.60. The van der Waals surface area contributed by atoms with Crippen LogP contribution < -0.4 is 0 Å². The molecule has 0 radical (unpaired) electrons. The van der Waals surface area contributed by atoms with Gasteiger partial charge in [-0.2, -0.15) is 0 Å². The molecule has 0 spiro atoms. The molecule has 4 nitrogen and oxygen atoms in total. The summed E-state index contributed by atoms with van der Waals surface area (Å²) < 4.78 is 26.8. The van der Waals surface area contributed by atoms with Crippen LogP contribution in [-0.4, -0.2) is 30.6 Å². The van der Waals surface area contributed by atoms with E-state index in [1.165, 1.54) is 19.3 Å². The molecule has 1 saturated carbocycles. The van der Waals surface area contributed by atoms with Crippen LogP contribution in [0.15, 0.2) is 29.2 Å². The van der Waals surface area contributed by atoms with Crippen LogP contribution in [0.5, 0.6) is 0 Å². The molecular formula is C14H18N2O2S. The van der Waals surface area contributed by atoms with Crippen molar-refractivity contribution < 1.29 is 8.42 Å². The number of benzene rings is 1. The molecule has 5 heteroatoms. The van der Waals surface area contributed by atoms with Gasteiger partial charge in [-0.05, 0) is 43.7 Å². The Bertz CT molecular complexity index is 611. The molecule has 1 aromatic rings. The molecule has 0 amide bonds. The third kappa shape index (κ3) is 1.61. The van der Waals surface area contributed by atoms with Crippen molar-refractivity contribution in [1.82, 2.24) is 9.42 Å². The molecule has 2 aliphatic heterocycles. The van der Waals surface area contributed by atoms with E-state index in [2.05, 4.69) is 0 Å². The average molecular weight is 278 g/mol. The molecule has 5 unspecified atom stereocenters. The molecular weight excluding hydrogens is 260 g/mol. The summed E-state index contributed by atoms with van der Waals surface area (Å²) in [4.78, 5) is 0.419. The molecule has 5 atom stereocenters. The van der Waals surface area contributed by atoms with E-state index in [0.29, 0.717) is 10.8 Å². The van der Waals surface area contributed by atoms with Crippen LogP contribution in [0.1, 0.15) is 24.8 Å². The predicted octanol–water partition coefficient (Wildman–Crippen LogP) is 1.97. The maximum atomic E-state index is 12.6. The first-order chi connectivity index (χ1) is 9.09. The highest BCUT2D eigenvalue weighted by atomic mass is 32.2. The summed E-state index contributed by atoms with van der Waals surface area (Å²) in [5.41, 5.74) is 1.08. The lowest BCUT2D eigenvalue weighted by Gasteiger charge is -2.16. The second-order valence-electron chi connectivity index (χ2n) is 5.98. The van der Waals surface area contributed by atoms with Gasteiger partial charge in [0, 0.05) is 6.54 Å². The highest BCUT2D eigenvalue weighted by molar-refractivity contribution is 7.89. The van der Waals surface area contributed by atoms with Gasteiger partial charge in [0.25, 0.3) is 10.0 Å². The van der Waals surface area contributed by atoms with Crippen molar-refractivity contribution in [3.63, 3.8) is 0 Å². The predicted molar refractivity (Wildman–Crippen MR) is 71.5 cm³/mol. The Morgan fingerprint density at radius 2 is 1.89 bits per heavy atom. The van der Waals surface area contributed by atoms with Crippen molar-refractivity contribution in [2.24, 2.45) is 11.8 Å². The van der Waals surface area contributed by atoms with Crippen molar-refractivity contribution >= 4 is 10.0 Å². The number of sulfonamides is 1. The maximum Gasteiger partial charge on any atom is 0.257 e. The molecule has 102 valence electrons. The zero-order valence-corrected chi connectivity index (χ0v) is 11.8. The van der Waals surface area contributed by atoms with Crippen LogP contribution in [0.4, 0.5) is 0 Å². The Hall–Kier alpha value is -0.910. The van der Waals surface area contributed by atoms with Gasteiger partial charge in [-0.15, -0.1) is 4.41 Å². The number of hydrogen-bond acceptors (Lipinski definition) is 3. The second-order valence-corrected chi connectivity index (χ2v) is 7.78. The Morgan fingerprint density at radius 3 is 2.63 bits per heavy atom. The summed E-state index contributed by atoms with van der Waals surface area (Å²) in [6.07, 6.45) is 3.87. The fraction of sp³-hybridized carbons (Fsp3) is 0.571. The van der Waals surface area contributed by atoms with Crippen LogP contribution in [0.2, 0.25) is 0 Å². The lowest BCUT2D eigenvalue weighted by atomic mass is 9.99. The monoisotopic (exact) mass is 278 g/mol. The Balaban J connectivity index is 1.62. The zero-order valence-electron chi connectivity index (χ0n) is 11.0. The fourth-order valence-corrected chi connectivity index (χ4v) is 5.44. The van der Waals surface area contributed by atoms with Gasteiger partial charge in [-0.3, -0.25) is 0 Å². The number of hydrogen-bond donors (Lipinski definition) is 0. The number of nitrogens with zero attached hydrogens (tertiary/aromatic N) is 2. The molecule has 1 aromatic carbocycles. The third-order valence-electron chi connectivity index (χ3n) is 4.82. The van der Waals surface area contributed by atoms with Gasteiger partial charge in [-0.1, -0.05) is 24.1 Å². The van der Waals surface area contributed by atoms with Crippen LogP contribution in [0.25, 0.3) is 0 Å². The van der Waals surface area contributed by atoms with Gasteiger partial charge >= 0.3 is 0 Å². The average Bonchev–Trinajstić information content (AvgIpc) is 2.75. The topological polar surface area (TPSA) is 40.2 Å². The van der Waals surface area contributed by atoms with Crippen LogP contribution >= 0.6 is 0 Å². The minimum atomic E-state index is -3.32. The molecule has 3 fully saturated rings. The molecule has 0 aromatic heterocycles. The maximum absolute atomic E-state index is 12.6. The van der Waals surface area contributed by atoms with E-state index in [4.69, 9.17) is 0 Å². The second kappa shape index (κ2) is 3.81. The summed E-state index contributed by atoms with van der Waals surface area (Å²) >= 11 is 0.